The fraction of sp³-hybridized carbons (Fsp3) is 0. The SMILES string of the molecule is N#Cc1cnc(-c2cccs2)cc1-c1cc[nH]c(=O)c1. The number of nitrogens with zero attached hydrogens (tertiary/aromatic N) is 2. The molecule has 0 saturated carbocycles. The summed E-state index contributed by atoms with van der Waals surface area (Å²) in [6.07, 6.45) is 3.12. The van der Waals surface area contributed by atoms with Gasteiger partial charge in [0.25, 0.3) is 0 Å². The predicted octanol–water partition coefficient (Wildman–Crippen LogP) is 3.04. The predicted molar refractivity (Wildman–Crippen MR) is 78.3 cm³/mol. The van der Waals surface area contributed by atoms with Gasteiger partial charge in [-0.25, -0.2) is 0 Å². The summed E-state index contributed by atoms with van der Waals surface area (Å²) in [5.74, 6) is 0. The highest BCUT2D eigenvalue weighted by Gasteiger charge is 2.09. The zero-order chi connectivity index (χ0) is 13.9. The van der Waals surface area contributed by atoms with Gasteiger partial charge in [0.1, 0.15) is 6.07 Å². The molecule has 1 N–H and O–H groups in total. The monoisotopic (exact) mass is 279 g/mol. The molecule has 5 heteroatoms. The molecule has 0 saturated heterocycles. The molecule has 0 atom stereocenters. The average Bonchev–Trinajstić information content (AvgIpc) is 3.01. The zero-order valence-corrected chi connectivity index (χ0v) is 11.1. The van der Waals surface area contributed by atoms with Crippen molar-refractivity contribution in [1.82, 2.24) is 9.97 Å². The number of aromatic amines is 1. The molecule has 0 amide bonds. The standard InChI is InChI=1S/C15H9N3OS/c16-8-11-9-18-13(14-2-1-5-20-14)7-12(11)10-3-4-17-15(19)6-10/h1-7,9H,(H,17,19). The van der Waals surface area contributed by atoms with Crippen molar-refractivity contribution in [2.24, 2.45) is 0 Å². The van der Waals surface area contributed by atoms with Gasteiger partial charge in [-0.2, -0.15) is 5.26 Å². The Hall–Kier alpha value is -2.71. The maximum atomic E-state index is 11.4. The molecule has 0 aromatic carbocycles. The van der Waals surface area contributed by atoms with Crippen LogP contribution in [-0.2, 0) is 0 Å². The van der Waals surface area contributed by atoms with E-state index in [1.165, 1.54) is 6.07 Å². The van der Waals surface area contributed by atoms with Crippen LogP contribution < -0.4 is 5.56 Å². The molecule has 0 aliphatic heterocycles. The van der Waals surface area contributed by atoms with Gasteiger partial charge in [-0.3, -0.25) is 9.78 Å². The molecular formula is C15H9N3OS. The molecule has 0 aliphatic carbocycles. The number of hydrogen-bond acceptors (Lipinski definition) is 4. The third kappa shape index (κ3) is 2.25. The molecule has 0 bridgehead atoms. The number of nitriles is 1. The van der Waals surface area contributed by atoms with E-state index in [4.69, 9.17) is 0 Å². The zero-order valence-electron chi connectivity index (χ0n) is 10.3. The summed E-state index contributed by atoms with van der Waals surface area (Å²) in [4.78, 5) is 19.3. The lowest BCUT2D eigenvalue weighted by Gasteiger charge is -2.05. The number of thiophene rings is 1. The molecule has 3 rings (SSSR count). The van der Waals surface area contributed by atoms with Gasteiger partial charge in [0, 0.05) is 24.0 Å². The maximum absolute atomic E-state index is 11.4. The molecule has 0 aliphatic rings. The molecule has 4 nitrogen and oxygen atoms in total. The lowest BCUT2D eigenvalue weighted by atomic mass is 10.0. The van der Waals surface area contributed by atoms with Crippen molar-refractivity contribution in [3.63, 3.8) is 0 Å². The Labute approximate surface area is 119 Å². The first kappa shape index (κ1) is 12.3. The van der Waals surface area contributed by atoms with Crippen LogP contribution in [0.3, 0.4) is 0 Å². The summed E-state index contributed by atoms with van der Waals surface area (Å²) in [5, 5.41) is 11.2. The molecule has 20 heavy (non-hydrogen) atoms. The summed E-state index contributed by atoms with van der Waals surface area (Å²) in [5.41, 5.74) is 2.49. The lowest BCUT2D eigenvalue weighted by molar-refractivity contribution is 1.23. The Morgan fingerprint density at radius 3 is 2.90 bits per heavy atom. The van der Waals surface area contributed by atoms with Gasteiger partial charge in [-0.1, -0.05) is 6.07 Å². The van der Waals surface area contributed by atoms with E-state index < -0.39 is 0 Å². The van der Waals surface area contributed by atoms with E-state index in [1.54, 1.807) is 29.8 Å². The summed E-state index contributed by atoms with van der Waals surface area (Å²) in [6, 6.07) is 11.1. The van der Waals surface area contributed by atoms with Gasteiger partial charge in [-0.15, -0.1) is 11.3 Å². The first-order valence-electron chi connectivity index (χ1n) is 5.91. The van der Waals surface area contributed by atoms with Crippen molar-refractivity contribution in [2.75, 3.05) is 0 Å². The van der Waals surface area contributed by atoms with E-state index in [1.807, 2.05) is 23.6 Å². The Bertz CT molecular complexity index is 844. The molecular weight excluding hydrogens is 270 g/mol. The van der Waals surface area contributed by atoms with E-state index in [-0.39, 0.29) is 5.56 Å². The normalized spacial score (nSPS) is 10.2. The van der Waals surface area contributed by atoms with Crippen LogP contribution in [0.5, 0.6) is 0 Å². The van der Waals surface area contributed by atoms with Crippen molar-refractivity contribution in [3.8, 4) is 27.8 Å². The summed E-state index contributed by atoms with van der Waals surface area (Å²) in [7, 11) is 0. The second-order valence-electron chi connectivity index (χ2n) is 4.15. The number of hydrogen-bond donors (Lipinski definition) is 1. The first-order chi connectivity index (χ1) is 9.78. The Morgan fingerprint density at radius 2 is 2.20 bits per heavy atom. The molecule has 3 aromatic rings. The van der Waals surface area contributed by atoms with Crippen LogP contribution in [0.1, 0.15) is 5.56 Å². The van der Waals surface area contributed by atoms with Crippen LogP contribution in [0.25, 0.3) is 21.7 Å². The number of pyridine rings is 2. The van der Waals surface area contributed by atoms with Crippen LogP contribution in [0.4, 0.5) is 0 Å². The van der Waals surface area contributed by atoms with Gasteiger partial charge in [0.05, 0.1) is 16.1 Å². The van der Waals surface area contributed by atoms with Gasteiger partial charge in [-0.05, 0) is 29.1 Å². The Balaban J connectivity index is 2.21. The summed E-state index contributed by atoms with van der Waals surface area (Å²) >= 11 is 1.58. The molecule has 3 aromatic heterocycles. The van der Waals surface area contributed by atoms with Gasteiger partial charge in [0.2, 0.25) is 5.56 Å². The minimum absolute atomic E-state index is 0.194. The number of aromatic nitrogens is 2. The van der Waals surface area contributed by atoms with Crippen LogP contribution in [-0.4, -0.2) is 9.97 Å². The highest BCUT2D eigenvalue weighted by molar-refractivity contribution is 7.13. The number of H-pyrrole nitrogens is 1. The fourth-order valence-electron chi connectivity index (χ4n) is 1.95. The molecule has 0 radical (unpaired) electrons. The minimum atomic E-state index is -0.194. The topological polar surface area (TPSA) is 69.5 Å². The third-order valence-corrected chi connectivity index (χ3v) is 3.78. The van der Waals surface area contributed by atoms with E-state index in [0.717, 1.165) is 16.1 Å². The van der Waals surface area contributed by atoms with Crippen molar-refractivity contribution < 1.29 is 0 Å². The van der Waals surface area contributed by atoms with Crippen LogP contribution in [0, 0.1) is 11.3 Å². The molecule has 0 unspecified atom stereocenters. The first-order valence-corrected chi connectivity index (χ1v) is 6.79. The average molecular weight is 279 g/mol. The van der Waals surface area contributed by atoms with E-state index in [2.05, 4.69) is 16.0 Å². The molecule has 0 spiro atoms. The van der Waals surface area contributed by atoms with Gasteiger partial charge in [0.15, 0.2) is 0 Å². The lowest BCUT2D eigenvalue weighted by Crippen LogP contribution is -2.02. The highest BCUT2D eigenvalue weighted by Crippen LogP contribution is 2.29. The van der Waals surface area contributed by atoms with E-state index >= 15 is 0 Å². The molecule has 96 valence electrons. The van der Waals surface area contributed by atoms with Crippen LogP contribution in [0.15, 0.2) is 52.9 Å². The Morgan fingerprint density at radius 1 is 1.30 bits per heavy atom. The quantitative estimate of drug-likeness (QED) is 0.783. The van der Waals surface area contributed by atoms with Crippen molar-refractivity contribution in [1.29, 1.82) is 5.26 Å². The van der Waals surface area contributed by atoms with Crippen molar-refractivity contribution in [2.45, 2.75) is 0 Å². The number of nitrogens with one attached hydrogen (secondary N) is 1. The smallest absolute Gasteiger partial charge is 0.248 e. The maximum Gasteiger partial charge on any atom is 0.248 e. The second-order valence-corrected chi connectivity index (χ2v) is 5.09. The highest BCUT2D eigenvalue weighted by atomic mass is 32.1. The largest absolute Gasteiger partial charge is 0.329 e. The van der Waals surface area contributed by atoms with Gasteiger partial charge >= 0.3 is 0 Å². The summed E-state index contributed by atoms with van der Waals surface area (Å²) in [6.45, 7) is 0. The number of rotatable bonds is 2. The Kier molecular flexibility index (Phi) is 3.15. The van der Waals surface area contributed by atoms with E-state index in [9.17, 15) is 10.1 Å². The second kappa shape index (κ2) is 5.11. The van der Waals surface area contributed by atoms with Gasteiger partial charge < -0.3 is 4.98 Å². The van der Waals surface area contributed by atoms with Crippen LogP contribution in [0.2, 0.25) is 0 Å². The van der Waals surface area contributed by atoms with E-state index in [0.29, 0.717) is 11.1 Å². The molecule has 3 heterocycles. The van der Waals surface area contributed by atoms with Crippen molar-refractivity contribution >= 4 is 11.3 Å². The molecule has 0 fully saturated rings. The van der Waals surface area contributed by atoms with Crippen molar-refractivity contribution in [3.05, 3.63) is 64.0 Å². The minimum Gasteiger partial charge on any atom is -0.329 e. The third-order valence-electron chi connectivity index (χ3n) is 2.88. The summed E-state index contributed by atoms with van der Waals surface area (Å²) < 4.78 is 0. The van der Waals surface area contributed by atoms with Crippen LogP contribution >= 0.6 is 11.3 Å². The fourth-order valence-corrected chi connectivity index (χ4v) is 2.65.